The predicted molar refractivity (Wildman–Crippen MR) is 77.5 cm³/mol. The maximum atomic E-state index is 12.2. The molecule has 0 saturated carbocycles. The summed E-state index contributed by atoms with van der Waals surface area (Å²) in [5.74, 6) is 3.71. The van der Waals surface area contributed by atoms with Crippen LogP contribution in [0.1, 0.15) is 17.5 Å². The van der Waals surface area contributed by atoms with Gasteiger partial charge >= 0.3 is 0 Å². The van der Waals surface area contributed by atoms with Crippen molar-refractivity contribution in [3.05, 3.63) is 27.7 Å². The molecule has 2 aliphatic heterocycles. The second-order valence-corrected chi connectivity index (χ2v) is 6.92. The average molecular weight is 327 g/mol. The molecule has 0 spiro atoms. The van der Waals surface area contributed by atoms with E-state index in [-0.39, 0.29) is 5.92 Å². The molecule has 0 aromatic heterocycles. The molecule has 1 unspecified atom stereocenters. The number of rotatable bonds is 3. The highest BCUT2D eigenvalue weighted by atomic mass is 79.9. The van der Waals surface area contributed by atoms with Crippen LogP contribution in [0.2, 0.25) is 0 Å². The van der Waals surface area contributed by atoms with Crippen molar-refractivity contribution in [2.75, 3.05) is 18.1 Å². The smallest absolute Gasteiger partial charge is 0.141 e. The fourth-order valence-electron chi connectivity index (χ4n) is 2.60. The van der Waals surface area contributed by atoms with Gasteiger partial charge in [-0.05, 0) is 29.9 Å². The second-order valence-electron chi connectivity index (χ2n) is 4.86. The van der Waals surface area contributed by atoms with Crippen LogP contribution in [0.5, 0.6) is 5.75 Å². The van der Waals surface area contributed by atoms with E-state index in [2.05, 4.69) is 22.0 Å². The van der Waals surface area contributed by atoms with Crippen molar-refractivity contribution in [3.8, 4) is 5.75 Å². The Morgan fingerprint density at radius 2 is 2.39 bits per heavy atom. The highest BCUT2D eigenvalue weighted by Gasteiger charge is 2.25. The van der Waals surface area contributed by atoms with Gasteiger partial charge in [-0.3, -0.25) is 4.79 Å². The number of hydrogen-bond acceptors (Lipinski definition) is 3. The van der Waals surface area contributed by atoms with Gasteiger partial charge in [0.25, 0.3) is 0 Å². The van der Waals surface area contributed by atoms with E-state index in [0.717, 1.165) is 46.7 Å². The Bertz CT molecular complexity index is 481. The van der Waals surface area contributed by atoms with E-state index in [1.54, 1.807) is 0 Å². The molecule has 1 saturated heterocycles. The maximum absolute atomic E-state index is 12.2. The third kappa shape index (κ3) is 2.45. The van der Waals surface area contributed by atoms with Crippen molar-refractivity contribution in [1.82, 2.24) is 0 Å². The zero-order chi connectivity index (χ0) is 12.5. The normalized spacial score (nSPS) is 21.7. The molecule has 1 aromatic carbocycles. The van der Waals surface area contributed by atoms with Crippen LogP contribution in [0, 0.1) is 5.92 Å². The van der Waals surface area contributed by atoms with E-state index in [4.69, 9.17) is 4.74 Å². The molecule has 2 heterocycles. The van der Waals surface area contributed by atoms with Gasteiger partial charge in [0.1, 0.15) is 11.5 Å². The number of ether oxygens (including phenoxy) is 1. The average Bonchev–Trinajstić information content (AvgIpc) is 2.98. The molecule has 2 aliphatic rings. The first-order valence-electron chi connectivity index (χ1n) is 6.28. The summed E-state index contributed by atoms with van der Waals surface area (Å²) in [6.07, 6.45) is 2.52. The molecule has 2 nitrogen and oxygen atoms in total. The molecule has 0 aliphatic carbocycles. The number of hydrogen-bond donors (Lipinski definition) is 0. The van der Waals surface area contributed by atoms with Crippen molar-refractivity contribution < 1.29 is 9.53 Å². The minimum absolute atomic E-state index is 0.256. The van der Waals surface area contributed by atoms with Crippen molar-refractivity contribution in [2.24, 2.45) is 5.92 Å². The Balaban J connectivity index is 1.82. The minimum atomic E-state index is 0.256. The largest absolute Gasteiger partial charge is 0.493 e. The highest BCUT2D eigenvalue weighted by molar-refractivity contribution is 9.10. The zero-order valence-corrected chi connectivity index (χ0v) is 12.5. The maximum Gasteiger partial charge on any atom is 0.141 e. The summed E-state index contributed by atoms with van der Waals surface area (Å²) in [5.41, 5.74) is 2.28. The molecule has 1 atom stereocenters. The highest BCUT2D eigenvalue weighted by Crippen LogP contribution is 2.34. The summed E-state index contributed by atoms with van der Waals surface area (Å²) in [7, 11) is 0. The summed E-state index contributed by atoms with van der Waals surface area (Å²) in [6, 6.07) is 4.13. The summed E-state index contributed by atoms with van der Waals surface area (Å²) in [4.78, 5) is 12.2. The zero-order valence-electron chi connectivity index (χ0n) is 10.1. The van der Waals surface area contributed by atoms with Crippen molar-refractivity contribution in [2.45, 2.75) is 19.3 Å². The molecular formula is C14H15BrO2S. The number of carbonyl (C=O) groups is 1. The fraction of sp³-hybridized carbons (Fsp3) is 0.500. The first kappa shape index (κ1) is 12.5. The van der Waals surface area contributed by atoms with E-state index in [0.29, 0.717) is 12.2 Å². The third-order valence-corrected chi connectivity index (χ3v) is 5.20. The Kier molecular flexibility index (Phi) is 3.66. The van der Waals surface area contributed by atoms with Gasteiger partial charge in [-0.15, -0.1) is 0 Å². The van der Waals surface area contributed by atoms with E-state index in [1.807, 2.05) is 17.8 Å². The molecule has 0 bridgehead atoms. The molecule has 1 aromatic rings. The van der Waals surface area contributed by atoms with Gasteiger partial charge in [0.2, 0.25) is 0 Å². The van der Waals surface area contributed by atoms with Crippen LogP contribution in [0.25, 0.3) is 0 Å². The van der Waals surface area contributed by atoms with E-state index in [1.165, 1.54) is 5.56 Å². The lowest BCUT2D eigenvalue weighted by molar-refractivity contribution is -0.121. The number of ketones is 1. The quantitative estimate of drug-likeness (QED) is 0.852. The van der Waals surface area contributed by atoms with Crippen LogP contribution in [-0.4, -0.2) is 23.9 Å². The van der Waals surface area contributed by atoms with Crippen LogP contribution in [-0.2, 0) is 17.6 Å². The first-order valence-corrected chi connectivity index (χ1v) is 8.23. The topological polar surface area (TPSA) is 26.3 Å². The third-order valence-electron chi connectivity index (χ3n) is 3.58. The van der Waals surface area contributed by atoms with Gasteiger partial charge in [0, 0.05) is 34.5 Å². The summed E-state index contributed by atoms with van der Waals surface area (Å²) < 4.78 is 6.72. The van der Waals surface area contributed by atoms with E-state index in [9.17, 15) is 4.79 Å². The monoisotopic (exact) mass is 326 g/mol. The van der Waals surface area contributed by atoms with Gasteiger partial charge < -0.3 is 4.74 Å². The predicted octanol–water partition coefficient (Wildman–Crippen LogP) is 3.25. The lowest BCUT2D eigenvalue weighted by Crippen LogP contribution is -2.16. The molecule has 1 fully saturated rings. The molecule has 4 heteroatoms. The molecule has 0 radical (unpaired) electrons. The minimum Gasteiger partial charge on any atom is -0.493 e. The standard InChI is InChI=1S/C14H15BrO2S/c15-12-5-9-1-3-17-14(9)11(6-12)7-13(16)10-2-4-18-8-10/h5-6,10H,1-4,7-8H2. The Morgan fingerprint density at radius 3 is 3.17 bits per heavy atom. The van der Waals surface area contributed by atoms with Gasteiger partial charge in [0.05, 0.1) is 6.61 Å². The SMILES string of the molecule is O=C(Cc1cc(Br)cc2c1OCC2)C1CCSC1. The van der Waals surface area contributed by atoms with Crippen LogP contribution in [0.3, 0.4) is 0 Å². The molecular weight excluding hydrogens is 312 g/mol. The van der Waals surface area contributed by atoms with Crippen molar-refractivity contribution in [3.63, 3.8) is 0 Å². The van der Waals surface area contributed by atoms with Crippen LogP contribution >= 0.6 is 27.7 Å². The van der Waals surface area contributed by atoms with E-state index >= 15 is 0 Å². The molecule has 0 N–H and O–H groups in total. The number of fused-ring (bicyclic) bond motifs is 1. The van der Waals surface area contributed by atoms with Crippen molar-refractivity contribution >= 4 is 33.5 Å². The van der Waals surface area contributed by atoms with Gasteiger partial charge in [0.15, 0.2) is 0 Å². The first-order chi connectivity index (χ1) is 8.74. The Morgan fingerprint density at radius 1 is 1.50 bits per heavy atom. The van der Waals surface area contributed by atoms with Crippen LogP contribution in [0.15, 0.2) is 16.6 Å². The fourth-order valence-corrected chi connectivity index (χ4v) is 4.41. The van der Waals surface area contributed by atoms with Crippen LogP contribution < -0.4 is 4.74 Å². The van der Waals surface area contributed by atoms with Crippen LogP contribution in [0.4, 0.5) is 0 Å². The Hall–Kier alpha value is -0.480. The van der Waals surface area contributed by atoms with Gasteiger partial charge in [-0.1, -0.05) is 15.9 Å². The summed E-state index contributed by atoms with van der Waals surface area (Å²) in [5, 5.41) is 0. The van der Waals surface area contributed by atoms with Gasteiger partial charge in [-0.25, -0.2) is 0 Å². The molecule has 18 heavy (non-hydrogen) atoms. The molecule has 0 amide bonds. The molecule has 96 valence electrons. The second kappa shape index (κ2) is 5.25. The lowest BCUT2D eigenvalue weighted by Gasteiger charge is -2.11. The number of halogens is 1. The van der Waals surface area contributed by atoms with Crippen molar-refractivity contribution in [1.29, 1.82) is 0 Å². The Labute approximate surface area is 120 Å². The lowest BCUT2D eigenvalue weighted by atomic mass is 9.96. The number of carbonyl (C=O) groups excluding carboxylic acids is 1. The number of thioether (sulfide) groups is 1. The molecule has 3 rings (SSSR count). The van der Waals surface area contributed by atoms with Gasteiger partial charge in [-0.2, -0.15) is 11.8 Å². The number of Topliss-reactive ketones (excluding diaryl/α,β-unsaturated/α-hetero) is 1. The summed E-state index contributed by atoms with van der Waals surface area (Å²) in [6.45, 7) is 0.742. The van der Waals surface area contributed by atoms with E-state index < -0.39 is 0 Å². The number of benzene rings is 1. The summed E-state index contributed by atoms with van der Waals surface area (Å²) >= 11 is 5.41.